The monoisotopic (exact) mass is 300 g/mol. The van der Waals surface area contributed by atoms with Gasteiger partial charge < -0.3 is 10.6 Å². The van der Waals surface area contributed by atoms with Crippen LogP contribution in [0, 0.1) is 0 Å². The van der Waals surface area contributed by atoms with Gasteiger partial charge in [-0.25, -0.2) is 0 Å². The number of anilines is 1. The lowest BCUT2D eigenvalue weighted by Gasteiger charge is -2.06. The van der Waals surface area contributed by atoms with E-state index in [9.17, 15) is 4.79 Å². The molecule has 1 aromatic heterocycles. The fraction of sp³-hybridized carbons (Fsp3) is 0.412. The molecule has 0 aliphatic rings. The number of nitrogens with zero attached hydrogens (tertiary/aromatic N) is 2. The van der Waals surface area contributed by atoms with Gasteiger partial charge in [-0.05, 0) is 36.2 Å². The molecule has 0 unspecified atom stereocenters. The van der Waals surface area contributed by atoms with Gasteiger partial charge in [-0.3, -0.25) is 9.48 Å². The summed E-state index contributed by atoms with van der Waals surface area (Å²) in [7, 11) is 1.86. The average Bonchev–Trinajstić information content (AvgIpc) is 2.88. The number of rotatable bonds is 6. The topological polar surface area (TPSA) is 58.9 Å². The Morgan fingerprint density at radius 1 is 1.32 bits per heavy atom. The minimum absolute atomic E-state index is 0.178. The van der Waals surface area contributed by atoms with Gasteiger partial charge in [-0.2, -0.15) is 5.10 Å². The molecule has 118 valence electrons. The zero-order chi connectivity index (χ0) is 16.1. The summed E-state index contributed by atoms with van der Waals surface area (Å²) >= 11 is 0. The van der Waals surface area contributed by atoms with Crippen molar-refractivity contribution in [1.82, 2.24) is 15.1 Å². The molecule has 0 atom stereocenters. The van der Waals surface area contributed by atoms with Crippen molar-refractivity contribution in [3.8, 4) is 0 Å². The van der Waals surface area contributed by atoms with Crippen LogP contribution in [0.1, 0.15) is 48.4 Å². The van der Waals surface area contributed by atoms with Crippen LogP contribution in [-0.4, -0.2) is 22.2 Å². The number of nitrogens with one attached hydrogen (secondary N) is 2. The van der Waals surface area contributed by atoms with Gasteiger partial charge in [-0.15, -0.1) is 0 Å². The Morgan fingerprint density at radius 2 is 2.09 bits per heavy atom. The van der Waals surface area contributed by atoms with Crippen molar-refractivity contribution >= 4 is 11.6 Å². The Labute approximate surface area is 131 Å². The molecule has 0 bridgehead atoms. The minimum atomic E-state index is -0.178. The molecule has 0 fully saturated rings. The van der Waals surface area contributed by atoms with Crippen LogP contribution in [0.25, 0.3) is 0 Å². The van der Waals surface area contributed by atoms with Gasteiger partial charge in [0.2, 0.25) is 0 Å². The van der Waals surface area contributed by atoms with E-state index in [1.54, 1.807) is 4.68 Å². The third-order valence-corrected chi connectivity index (χ3v) is 3.50. The van der Waals surface area contributed by atoms with Crippen molar-refractivity contribution < 1.29 is 4.79 Å². The zero-order valence-electron chi connectivity index (χ0n) is 13.7. The van der Waals surface area contributed by atoms with E-state index in [1.165, 1.54) is 0 Å². The maximum absolute atomic E-state index is 12.3. The highest BCUT2D eigenvalue weighted by molar-refractivity contribution is 6.02. The maximum Gasteiger partial charge on any atom is 0.276 e. The van der Waals surface area contributed by atoms with E-state index in [0.29, 0.717) is 11.6 Å². The summed E-state index contributed by atoms with van der Waals surface area (Å²) in [6, 6.07) is 9.70. The molecule has 5 nitrogen and oxygen atoms in total. The van der Waals surface area contributed by atoms with Crippen LogP contribution < -0.4 is 10.6 Å². The lowest BCUT2D eigenvalue weighted by Crippen LogP contribution is -2.14. The Hall–Kier alpha value is -2.14. The van der Waals surface area contributed by atoms with Gasteiger partial charge in [-0.1, -0.05) is 32.9 Å². The molecule has 2 N–H and O–H groups in total. The first-order chi connectivity index (χ1) is 10.5. The molecular formula is C17H24N4O. The van der Waals surface area contributed by atoms with E-state index in [2.05, 4.69) is 36.5 Å². The summed E-state index contributed by atoms with van der Waals surface area (Å²) in [6.45, 7) is 7.95. The van der Waals surface area contributed by atoms with E-state index in [4.69, 9.17) is 0 Å². The molecule has 0 spiro atoms. The van der Waals surface area contributed by atoms with Crippen molar-refractivity contribution in [3.05, 3.63) is 47.3 Å². The molecule has 0 saturated carbocycles. The molecular weight excluding hydrogens is 276 g/mol. The van der Waals surface area contributed by atoms with Crippen LogP contribution >= 0.6 is 0 Å². The molecule has 1 amide bonds. The third kappa shape index (κ3) is 3.95. The first-order valence-corrected chi connectivity index (χ1v) is 7.66. The van der Waals surface area contributed by atoms with Crippen molar-refractivity contribution in [2.24, 2.45) is 7.05 Å². The van der Waals surface area contributed by atoms with Crippen molar-refractivity contribution in [2.75, 3.05) is 11.9 Å². The van der Waals surface area contributed by atoms with Crippen LogP contribution in [-0.2, 0) is 13.6 Å². The first-order valence-electron chi connectivity index (χ1n) is 7.66. The SMILES string of the molecule is CCNCc1cccc(NC(=O)c2cc(C(C)C)n(C)n2)c1. The summed E-state index contributed by atoms with van der Waals surface area (Å²) in [6.07, 6.45) is 0. The Bertz CT molecular complexity index is 646. The summed E-state index contributed by atoms with van der Waals surface area (Å²) in [5.74, 6) is 0.158. The van der Waals surface area contributed by atoms with Gasteiger partial charge in [0.25, 0.3) is 5.91 Å². The normalized spacial score (nSPS) is 11.0. The summed E-state index contributed by atoms with van der Waals surface area (Å²) in [5.41, 5.74) is 3.43. The molecule has 0 aliphatic heterocycles. The zero-order valence-corrected chi connectivity index (χ0v) is 13.7. The minimum Gasteiger partial charge on any atom is -0.321 e. The van der Waals surface area contributed by atoms with Gasteiger partial charge in [0.1, 0.15) is 0 Å². The van der Waals surface area contributed by atoms with Crippen molar-refractivity contribution in [2.45, 2.75) is 33.2 Å². The number of carbonyl (C=O) groups is 1. The number of aryl methyl sites for hydroxylation is 1. The van der Waals surface area contributed by atoms with Crippen LogP contribution in [0.15, 0.2) is 30.3 Å². The van der Waals surface area contributed by atoms with E-state index < -0.39 is 0 Å². The van der Waals surface area contributed by atoms with Gasteiger partial charge >= 0.3 is 0 Å². The highest BCUT2D eigenvalue weighted by atomic mass is 16.1. The highest BCUT2D eigenvalue weighted by Gasteiger charge is 2.14. The van der Waals surface area contributed by atoms with Crippen LogP contribution in [0.4, 0.5) is 5.69 Å². The van der Waals surface area contributed by atoms with Crippen molar-refractivity contribution in [1.29, 1.82) is 0 Å². The highest BCUT2D eigenvalue weighted by Crippen LogP contribution is 2.16. The Kier molecular flexibility index (Phi) is 5.33. The number of benzene rings is 1. The first kappa shape index (κ1) is 16.2. The summed E-state index contributed by atoms with van der Waals surface area (Å²) in [4.78, 5) is 12.3. The van der Waals surface area contributed by atoms with Gasteiger partial charge in [0, 0.05) is 25.0 Å². The summed E-state index contributed by atoms with van der Waals surface area (Å²) < 4.78 is 1.77. The second kappa shape index (κ2) is 7.22. The van der Waals surface area contributed by atoms with Gasteiger partial charge in [0.05, 0.1) is 0 Å². The van der Waals surface area contributed by atoms with E-state index in [0.717, 1.165) is 30.0 Å². The average molecular weight is 300 g/mol. The second-order valence-corrected chi connectivity index (χ2v) is 5.67. The lowest BCUT2D eigenvalue weighted by atomic mass is 10.1. The van der Waals surface area contributed by atoms with Crippen LogP contribution in [0.3, 0.4) is 0 Å². The third-order valence-electron chi connectivity index (χ3n) is 3.50. The summed E-state index contributed by atoms with van der Waals surface area (Å²) in [5, 5.41) is 10.5. The molecule has 0 radical (unpaired) electrons. The fourth-order valence-corrected chi connectivity index (χ4v) is 2.36. The number of hydrogen-bond acceptors (Lipinski definition) is 3. The molecule has 2 rings (SSSR count). The number of carbonyl (C=O) groups excluding carboxylic acids is 1. The van der Waals surface area contributed by atoms with Crippen LogP contribution in [0.2, 0.25) is 0 Å². The Morgan fingerprint density at radius 3 is 2.73 bits per heavy atom. The molecule has 22 heavy (non-hydrogen) atoms. The standard InChI is InChI=1S/C17H24N4O/c1-5-18-11-13-7-6-8-14(9-13)19-17(22)15-10-16(12(2)3)21(4)20-15/h6-10,12,18H,5,11H2,1-4H3,(H,19,22). The largest absolute Gasteiger partial charge is 0.321 e. The molecule has 0 aliphatic carbocycles. The predicted octanol–water partition coefficient (Wildman–Crippen LogP) is 2.91. The van der Waals surface area contributed by atoms with Gasteiger partial charge in [0.15, 0.2) is 5.69 Å². The van der Waals surface area contributed by atoms with Crippen molar-refractivity contribution in [3.63, 3.8) is 0 Å². The molecule has 5 heteroatoms. The number of amides is 1. The smallest absolute Gasteiger partial charge is 0.276 e. The van der Waals surface area contributed by atoms with E-state index >= 15 is 0 Å². The molecule has 2 aromatic rings. The fourth-order valence-electron chi connectivity index (χ4n) is 2.36. The number of hydrogen-bond donors (Lipinski definition) is 2. The molecule has 1 heterocycles. The lowest BCUT2D eigenvalue weighted by molar-refractivity contribution is 0.102. The van der Waals surface area contributed by atoms with E-state index in [1.807, 2.05) is 37.4 Å². The predicted molar refractivity (Wildman–Crippen MR) is 89.1 cm³/mol. The molecule has 0 saturated heterocycles. The van der Waals surface area contributed by atoms with E-state index in [-0.39, 0.29) is 5.91 Å². The maximum atomic E-state index is 12.3. The quantitative estimate of drug-likeness (QED) is 0.862. The Balaban J connectivity index is 2.10. The number of aromatic nitrogens is 2. The van der Waals surface area contributed by atoms with Crippen LogP contribution in [0.5, 0.6) is 0 Å². The second-order valence-electron chi connectivity index (χ2n) is 5.67. The molecule has 1 aromatic carbocycles.